The van der Waals surface area contributed by atoms with Crippen LogP contribution in [0.15, 0.2) is 11.6 Å². The van der Waals surface area contributed by atoms with Gasteiger partial charge >= 0.3 is 0 Å². The third-order valence-corrected chi connectivity index (χ3v) is 9.20. The summed E-state index contributed by atoms with van der Waals surface area (Å²) in [5.41, 5.74) is 0.249. The monoisotopic (exact) mass is 346 g/mol. The van der Waals surface area contributed by atoms with Gasteiger partial charge in [0.25, 0.3) is 0 Å². The van der Waals surface area contributed by atoms with Crippen molar-refractivity contribution in [3.8, 4) is 0 Å². The number of aliphatic hydroxyl groups is 2. The summed E-state index contributed by atoms with van der Waals surface area (Å²) in [6, 6.07) is 0. The van der Waals surface area contributed by atoms with E-state index in [1.54, 1.807) is 6.92 Å². The second-order valence-electron chi connectivity index (χ2n) is 10.1. The van der Waals surface area contributed by atoms with Crippen LogP contribution in [0.5, 0.6) is 0 Å². The maximum atomic E-state index is 12.4. The summed E-state index contributed by atoms with van der Waals surface area (Å²) in [6.07, 6.45) is 9.15. The Balaban J connectivity index is 1.72. The van der Waals surface area contributed by atoms with E-state index >= 15 is 0 Å². The summed E-state index contributed by atoms with van der Waals surface area (Å²) in [6.45, 7) is 8.26. The number of fused-ring (bicyclic) bond motifs is 5. The molecule has 3 fully saturated rings. The van der Waals surface area contributed by atoms with Gasteiger partial charge in [0.2, 0.25) is 0 Å². The van der Waals surface area contributed by atoms with Crippen molar-refractivity contribution in [3.05, 3.63) is 11.6 Å². The number of carbonyl (C=O) groups is 1. The molecule has 0 aromatic heterocycles. The molecule has 8 atom stereocenters. The molecule has 25 heavy (non-hydrogen) atoms. The van der Waals surface area contributed by atoms with Crippen LogP contribution in [0, 0.1) is 34.5 Å². The zero-order chi connectivity index (χ0) is 18.2. The van der Waals surface area contributed by atoms with Gasteiger partial charge in [0.05, 0.1) is 6.10 Å². The molecule has 0 aliphatic heterocycles. The van der Waals surface area contributed by atoms with Crippen molar-refractivity contribution in [3.63, 3.8) is 0 Å². The Labute approximate surface area is 151 Å². The second-order valence-corrected chi connectivity index (χ2v) is 10.1. The molecule has 3 heteroatoms. The van der Waals surface area contributed by atoms with E-state index in [0.717, 1.165) is 44.9 Å². The zero-order valence-corrected chi connectivity index (χ0v) is 16.2. The molecule has 0 radical (unpaired) electrons. The Bertz CT molecular complexity index is 625. The van der Waals surface area contributed by atoms with Crippen molar-refractivity contribution in [2.75, 3.05) is 0 Å². The number of ketones is 1. The highest BCUT2D eigenvalue weighted by Gasteiger charge is 2.67. The minimum absolute atomic E-state index is 0.0394. The van der Waals surface area contributed by atoms with Crippen molar-refractivity contribution in [1.82, 2.24) is 0 Å². The van der Waals surface area contributed by atoms with Crippen LogP contribution in [-0.2, 0) is 4.79 Å². The van der Waals surface area contributed by atoms with Crippen LogP contribution in [0.3, 0.4) is 0 Å². The van der Waals surface area contributed by atoms with Crippen LogP contribution in [-0.4, -0.2) is 27.7 Å². The average molecular weight is 347 g/mol. The van der Waals surface area contributed by atoms with Gasteiger partial charge in [0, 0.05) is 5.41 Å². The molecular formula is C22H34O3. The van der Waals surface area contributed by atoms with E-state index in [2.05, 4.69) is 26.8 Å². The first-order valence-corrected chi connectivity index (χ1v) is 10.3. The van der Waals surface area contributed by atoms with Crippen LogP contribution in [0.2, 0.25) is 0 Å². The maximum Gasteiger partial charge on any atom is 0.162 e. The van der Waals surface area contributed by atoms with Crippen LogP contribution in [0.1, 0.15) is 72.6 Å². The Kier molecular flexibility index (Phi) is 3.84. The van der Waals surface area contributed by atoms with Gasteiger partial charge in [0.1, 0.15) is 5.60 Å². The number of rotatable bonds is 1. The smallest absolute Gasteiger partial charge is 0.162 e. The van der Waals surface area contributed by atoms with Crippen molar-refractivity contribution in [1.29, 1.82) is 0 Å². The summed E-state index contributed by atoms with van der Waals surface area (Å²) in [5.74, 6) is 1.64. The predicted octanol–water partition coefficient (Wildman–Crippen LogP) is 3.88. The molecule has 4 rings (SSSR count). The topological polar surface area (TPSA) is 57.5 Å². The number of carbonyl (C=O) groups excluding carboxylic acids is 1. The molecule has 4 aliphatic rings. The Hall–Kier alpha value is -0.670. The number of aliphatic hydroxyl groups excluding tert-OH is 1. The molecule has 0 aromatic carbocycles. The van der Waals surface area contributed by atoms with Gasteiger partial charge in [-0.2, -0.15) is 0 Å². The Morgan fingerprint density at radius 1 is 1.20 bits per heavy atom. The van der Waals surface area contributed by atoms with E-state index < -0.39 is 5.60 Å². The maximum absolute atomic E-state index is 12.4. The minimum Gasteiger partial charge on any atom is -0.393 e. The normalized spacial score (nSPS) is 55.0. The summed E-state index contributed by atoms with van der Waals surface area (Å²) in [7, 11) is 0. The first-order chi connectivity index (χ1) is 11.6. The molecule has 3 nitrogen and oxygen atoms in total. The molecule has 2 N–H and O–H groups in total. The molecule has 0 aromatic rings. The molecule has 4 aliphatic carbocycles. The fourth-order valence-corrected chi connectivity index (χ4v) is 7.73. The number of Topliss-reactive ketones (excluding diaryl/α,β-unsaturated/α-hetero) is 1. The van der Waals surface area contributed by atoms with E-state index in [1.807, 2.05) is 0 Å². The lowest BCUT2D eigenvalue weighted by Gasteiger charge is -2.58. The fraction of sp³-hybridized carbons (Fsp3) is 0.864. The third kappa shape index (κ3) is 2.09. The first-order valence-electron chi connectivity index (χ1n) is 10.3. The van der Waals surface area contributed by atoms with E-state index in [-0.39, 0.29) is 28.6 Å². The van der Waals surface area contributed by atoms with Gasteiger partial charge < -0.3 is 10.2 Å². The highest BCUT2D eigenvalue weighted by molar-refractivity contribution is 5.86. The number of allylic oxidation sites excluding steroid dienone is 1. The van der Waals surface area contributed by atoms with Gasteiger partial charge in [-0.05, 0) is 81.0 Å². The van der Waals surface area contributed by atoms with E-state index in [1.165, 1.54) is 5.57 Å². The molecule has 0 saturated heterocycles. The molecular weight excluding hydrogens is 312 g/mol. The average Bonchev–Trinajstić information content (AvgIpc) is 2.77. The van der Waals surface area contributed by atoms with Gasteiger partial charge in [-0.1, -0.05) is 32.4 Å². The summed E-state index contributed by atoms with van der Waals surface area (Å²) >= 11 is 0. The second kappa shape index (κ2) is 5.42. The van der Waals surface area contributed by atoms with Crippen molar-refractivity contribution in [2.45, 2.75) is 84.3 Å². The van der Waals surface area contributed by atoms with Crippen molar-refractivity contribution < 1.29 is 15.0 Å². The van der Waals surface area contributed by atoms with Gasteiger partial charge in [0.15, 0.2) is 5.78 Å². The van der Waals surface area contributed by atoms with Crippen LogP contribution >= 0.6 is 0 Å². The minimum atomic E-state index is -1.16. The molecule has 0 heterocycles. The van der Waals surface area contributed by atoms with Crippen LogP contribution in [0.4, 0.5) is 0 Å². The summed E-state index contributed by atoms with van der Waals surface area (Å²) < 4.78 is 0. The molecule has 0 amide bonds. The lowest BCUT2D eigenvalue weighted by Crippen LogP contribution is -2.58. The summed E-state index contributed by atoms with van der Waals surface area (Å²) in [5, 5.41) is 21.5. The van der Waals surface area contributed by atoms with E-state index in [0.29, 0.717) is 17.8 Å². The van der Waals surface area contributed by atoms with E-state index in [9.17, 15) is 15.0 Å². The van der Waals surface area contributed by atoms with Gasteiger partial charge in [-0.3, -0.25) is 4.79 Å². The molecule has 140 valence electrons. The fourth-order valence-electron chi connectivity index (χ4n) is 7.73. The van der Waals surface area contributed by atoms with Crippen LogP contribution in [0.25, 0.3) is 0 Å². The third-order valence-electron chi connectivity index (χ3n) is 9.20. The Morgan fingerprint density at radius 2 is 1.92 bits per heavy atom. The SMILES string of the molecule is CC(=O)C1(O)C(C)CC2C3CC=C4CC(O)CCC4(C)C3CC[C@@]21C. The summed E-state index contributed by atoms with van der Waals surface area (Å²) in [4.78, 5) is 12.4. The van der Waals surface area contributed by atoms with Crippen molar-refractivity contribution >= 4 is 5.78 Å². The quantitative estimate of drug-likeness (QED) is 0.709. The van der Waals surface area contributed by atoms with E-state index in [4.69, 9.17) is 0 Å². The predicted molar refractivity (Wildman–Crippen MR) is 97.9 cm³/mol. The highest BCUT2D eigenvalue weighted by Crippen LogP contribution is 2.68. The highest BCUT2D eigenvalue weighted by atomic mass is 16.3. The van der Waals surface area contributed by atoms with Crippen LogP contribution < -0.4 is 0 Å². The van der Waals surface area contributed by atoms with Gasteiger partial charge in [-0.15, -0.1) is 0 Å². The standard InChI is InChI=1S/C22H34O3/c1-13-11-19-17-6-5-15-12-16(24)7-9-20(15,3)18(17)8-10-21(19,4)22(13,25)14(2)23/h5,13,16-19,24-25H,6-12H2,1-4H3/t13?,16?,17?,18?,19?,20?,21-,22?/m0/s1. The molecule has 0 bridgehead atoms. The number of hydrogen-bond acceptors (Lipinski definition) is 3. The van der Waals surface area contributed by atoms with Crippen molar-refractivity contribution in [2.24, 2.45) is 34.5 Å². The number of hydrogen-bond donors (Lipinski definition) is 2. The largest absolute Gasteiger partial charge is 0.393 e. The Morgan fingerprint density at radius 3 is 2.60 bits per heavy atom. The molecule has 3 saturated carbocycles. The molecule has 7 unspecified atom stereocenters. The zero-order valence-electron chi connectivity index (χ0n) is 16.2. The lowest BCUT2D eigenvalue weighted by molar-refractivity contribution is -0.165. The molecule has 0 spiro atoms. The van der Waals surface area contributed by atoms with Gasteiger partial charge in [-0.25, -0.2) is 0 Å². The first kappa shape index (κ1) is 17.7. The lowest BCUT2D eigenvalue weighted by atomic mass is 9.46.